The molecule has 1 aliphatic rings. The highest BCUT2D eigenvalue weighted by molar-refractivity contribution is 5.95. The third kappa shape index (κ3) is 3.58. The minimum atomic E-state index is -0.141. The van der Waals surface area contributed by atoms with Gasteiger partial charge >= 0.3 is 0 Å². The van der Waals surface area contributed by atoms with Crippen LogP contribution in [0.2, 0.25) is 0 Å². The zero-order valence-corrected chi connectivity index (χ0v) is 12.7. The van der Waals surface area contributed by atoms with Gasteiger partial charge in [-0.15, -0.1) is 0 Å². The Bertz CT molecular complexity index is 473. The molecule has 1 saturated heterocycles. The highest BCUT2D eigenvalue weighted by Gasteiger charge is 2.21. The number of piperidine rings is 1. The summed E-state index contributed by atoms with van der Waals surface area (Å²) in [7, 11) is 4.64. The van der Waals surface area contributed by atoms with Crippen molar-refractivity contribution in [1.29, 1.82) is 0 Å². The Morgan fingerprint density at radius 3 is 2.29 bits per heavy atom. The Morgan fingerprint density at radius 2 is 1.81 bits per heavy atom. The van der Waals surface area contributed by atoms with Crippen LogP contribution in [0.15, 0.2) is 12.1 Å². The van der Waals surface area contributed by atoms with Gasteiger partial charge in [0.15, 0.2) is 11.5 Å². The van der Waals surface area contributed by atoms with Crippen LogP contribution in [0.3, 0.4) is 0 Å². The average Bonchev–Trinajstić information content (AvgIpc) is 2.54. The number of rotatable bonds is 5. The zero-order valence-electron chi connectivity index (χ0n) is 12.7. The van der Waals surface area contributed by atoms with E-state index in [1.165, 1.54) is 0 Å². The molecule has 6 nitrogen and oxygen atoms in total. The van der Waals surface area contributed by atoms with Gasteiger partial charge in [0.25, 0.3) is 0 Å². The normalized spacial score (nSPS) is 18.0. The molecule has 2 rings (SSSR count). The van der Waals surface area contributed by atoms with Crippen molar-refractivity contribution >= 4 is 11.6 Å². The Hall–Kier alpha value is -1.95. The van der Waals surface area contributed by atoms with Crippen LogP contribution in [0.5, 0.6) is 17.2 Å². The highest BCUT2D eigenvalue weighted by Crippen LogP contribution is 2.39. The lowest BCUT2D eigenvalue weighted by Crippen LogP contribution is -2.43. The van der Waals surface area contributed by atoms with Crippen LogP contribution in [0.25, 0.3) is 0 Å². The summed E-state index contributed by atoms with van der Waals surface area (Å²) in [5.74, 6) is 1.50. The topological polar surface area (TPSA) is 68.8 Å². The predicted molar refractivity (Wildman–Crippen MR) is 80.4 cm³/mol. The fourth-order valence-electron chi connectivity index (χ4n) is 2.46. The van der Waals surface area contributed by atoms with Gasteiger partial charge in [0.1, 0.15) is 0 Å². The van der Waals surface area contributed by atoms with Crippen molar-refractivity contribution in [2.45, 2.75) is 25.3 Å². The summed E-state index contributed by atoms with van der Waals surface area (Å²) in [6.45, 7) is 0.882. The third-order valence-corrected chi connectivity index (χ3v) is 3.56. The van der Waals surface area contributed by atoms with Crippen molar-refractivity contribution in [3.05, 3.63) is 12.1 Å². The van der Waals surface area contributed by atoms with Crippen LogP contribution in [-0.4, -0.2) is 39.8 Å². The summed E-state index contributed by atoms with van der Waals surface area (Å²) < 4.78 is 15.8. The number of anilines is 1. The van der Waals surface area contributed by atoms with Gasteiger partial charge in [-0.05, 0) is 19.4 Å². The quantitative estimate of drug-likeness (QED) is 0.866. The molecule has 0 unspecified atom stereocenters. The molecule has 0 bridgehead atoms. The molecule has 0 radical (unpaired) electrons. The van der Waals surface area contributed by atoms with Gasteiger partial charge < -0.3 is 24.8 Å². The number of carbonyl (C=O) groups excluding carboxylic acids is 1. The summed E-state index contributed by atoms with van der Waals surface area (Å²) in [5.41, 5.74) is 0.627. The van der Waals surface area contributed by atoms with E-state index in [4.69, 9.17) is 14.2 Å². The van der Waals surface area contributed by atoms with E-state index in [9.17, 15) is 4.79 Å². The van der Waals surface area contributed by atoms with Gasteiger partial charge in [-0.2, -0.15) is 0 Å². The maximum Gasteiger partial charge on any atom is 0.241 e. The summed E-state index contributed by atoms with van der Waals surface area (Å²) in [6, 6.07) is 3.31. The highest BCUT2D eigenvalue weighted by atomic mass is 16.5. The van der Waals surface area contributed by atoms with E-state index in [-0.39, 0.29) is 11.9 Å². The summed E-state index contributed by atoms with van der Waals surface area (Å²) in [4.78, 5) is 12.2. The van der Waals surface area contributed by atoms with Gasteiger partial charge in [-0.3, -0.25) is 4.79 Å². The largest absolute Gasteiger partial charge is 0.493 e. The molecule has 21 heavy (non-hydrogen) atoms. The van der Waals surface area contributed by atoms with Gasteiger partial charge in [-0.1, -0.05) is 6.42 Å². The Balaban J connectivity index is 2.17. The first-order valence-corrected chi connectivity index (χ1v) is 7.04. The minimum absolute atomic E-state index is 0.0380. The molecule has 1 heterocycles. The molecule has 0 aliphatic carbocycles. The van der Waals surface area contributed by atoms with Crippen LogP contribution in [0, 0.1) is 0 Å². The average molecular weight is 294 g/mol. The van der Waals surface area contributed by atoms with E-state index < -0.39 is 0 Å². The molecule has 1 aliphatic heterocycles. The standard InChI is InChI=1S/C15H22N2O4/c1-19-12-8-10(9-13(20-2)14(12)21-3)17-15(18)11-6-4-5-7-16-11/h8-9,11,16H,4-7H2,1-3H3,(H,17,18)/t11-/m0/s1. The molecule has 1 aromatic rings. The van der Waals surface area contributed by atoms with E-state index in [0.29, 0.717) is 22.9 Å². The SMILES string of the molecule is COc1cc(NC(=O)[C@@H]2CCCCN2)cc(OC)c1OC. The molecule has 1 atom stereocenters. The second-order valence-corrected chi connectivity index (χ2v) is 4.91. The number of ether oxygens (including phenoxy) is 3. The van der Waals surface area contributed by atoms with E-state index in [0.717, 1.165) is 25.8 Å². The van der Waals surface area contributed by atoms with Crippen LogP contribution in [0.4, 0.5) is 5.69 Å². The fourth-order valence-corrected chi connectivity index (χ4v) is 2.46. The molecule has 0 aromatic heterocycles. The maximum absolute atomic E-state index is 12.2. The Morgan fingerprint density at radius 1 is 1.14 bits per heavy atom. The van der Waals surface area contributed by atoms with Crippen molar-refractivity contribution in [2.24, 2.45) is 0 Å². The van der Waals surface area contributed by atoms with Gasteiger partial charge in [0.2, 0.25) is 11.7 Å². The minimum Gasteiger partial charge on any atom is -0.493 e. The number of benzene rings is 1. The molecule has 1 aromatic carbocycles. The number of carbonyl (C=O) groups is 1. The van der Waals surface area contributed by atoms with E-state index in [2.05, 4.69) is 10.6 Å². The van der Waals surface area contributed by atoms with Crippen LogP contribution >= 0.6 is 0 Å². The van der Waals surface area contributed by atoms with Crippen molar-refractivity contribution in [3.63, 3.8) is 0 Å². The lowest BCUT2D eigenvalue weighted by atomic mass is 10.0. The predicted octanol–water partition coefficient (Wildman–Crippen LogP) is 1.79. The monoisotopic (exact) mass is 294 g/mol. The molecule has 1 amide bonds. The number of nitrogens with one attached hydrogen (secondary N) is 2. The van der Waals surface area contributed by atoms with Crippen molar-refractivity contribution in [3.8, 4) is 17.2 Å². The molecule has 6 heteroatoms. The van der Waals surface area contributed by atoms with Crippen LogP contribution < -0.4 is 24.8 Å². The second-order valence-electron chi connectivity index (χ2n) is 4.91. The van der Waals surface area contributed by atoms with Crippen LogP contribution in [0.1, 0.15) is 19.3 Å². The van der Waals surface area contributed by atoms with E-state index in [1.807, 2.05) is 0 Å². The Labute approximate surface area is 124 Å². The van der Waals surface area contributed by atoms with Crippen molar-refractivity contribution in [2.75, 3.05) is 33.2 Å². The van der Waals surface area contributed by atoms with Gasteiger partial charge in [-0.25, -0.2) is 0 Å². The first-order chi connectivity index (χ1) is 10.2. The van der Waals surface area contributed by atoms with E-state index in [1.54, 1.807) is 33.5 Å². The number of hydrogen-bond donors (Lipinski definition) is 2. The van der Waals surface area contributed by atoms with Gasteiger partial charge in [0.05, 0.1) is 27.4 Å². The van der Waals surface area contributed by atoms with E-state index >= 15 is 0 Å². The molecule has 0 saturated carbocycles. The summed E-state index contributed by atoms with van der Waals surface area (Å²) in [6.07, 6.45) is 3.05. The van der Waals surface area contributed by atoms with Crippen LogP contribution in [-0.2, 0) is 4.79 Å². The molecule has 0 spiro atoms. The summed E-state index contributed by atoms with van der Waals surface area (Å²) >= 11 is 0. The van der Waals surface area contributed by atoms with Crippen molar-refractivity contribution < 1.29 is 19.0 Å². The lowest BCUT2D eigenvalue weighted by molar-refractivity contribution is -0.118. The molecule has 2 N–H and O–H groups in total. The maximum atomic E-state index is 12.2. The molecule has 116 valence electrons. The Kier molecular flexibility index (Phi) is 5.27. The first kappa shape index (κ1) is 15.4. The fraction of sp³-hybridized carbons (Fsp3) is 0.533. The lowest BCUT2D eigenvalue weighted by Gasteiger charge is -2.23. The third-order valence-electron chi connectivity index (χ3n) is 3.56. The zero-order chi connectivity index (χ0) is 15.2. The first-order valence-electron chi connectivity index (χ1n) is 7.04. The second kappa shape index (κ2) is 7.17. The number of hydrogen-bond acceptors (Lipinski definition) is 5. The van der Waals surface area contributed by atoms with Crippen molar-refractivity contribution in [1.82, 2.24) is 5.32 Å². The van der Waals surface area contributed by atoms with Gasteiger partial charge in [0, 0.05) is 17.8 Å². The number of amides is 1. The molecular weight excluding hydrogens is 272 g/mol. The molecular formula is C15H22N2O4. The number of methoxy groups -OCH3 is 3. The molecule has 1 fully saturated rings. The smallest absolute Gasteiger partial charge is 0.241 e. The summed E-state index contributed by atoms with van der Waals surface area (Å²) in [5, 5.41) is 6.12.